The van der Waals surface area contributed by atoms with Crippen molar-refractivity contribution in [2.45, 2.75) is 19.8 Å². The van der Waals surface area contributed by atoms with Gasteiger partial charge >= 0.3 is 0 Å². The van der Waals surface area contributed by atoms with E-state index in [9.17, 15) is 4.79 Å². The van der Waals surface area contributed by atoms with Crippen LogP contribution in [0.4, 0.5) is 0 Å². The molecule has 19 heavy (non-hydrogen) atoms. The van der Waals surface area contributed by atoms with Gasteiger partial charge in [0, 0.05) is 12.6 Å². The van der Waals surface area contributed by atoms with Crippen molar-refractivity contribution in [3.8, 4) is 0 Å². The molecule has 4 heteroatoms. The highest BCUT2D eigenvalue weighted by Gasteiger charge is 2.17. The highest BCUT2D eigenvalue weighted by molar-refractivity contribution is 7.08. The Hall–Kier alpha value is -1.13. The zero-order valence-corrected chi connectivity index (χ0v) is 12.3. The number of carbonyl (C=O) groups excluding carboxylic acids is 1. The molecule has 0 saturated carbocycles. The Morgan fingerprint density at radius 3 is 2.95 bits per heavy atom. The lowest BCUT2D eigenvalue weighted by Crippen LogP contribution is -2.38. The van der Waals surface area contributed by atoms with Crippen LogP contribution in [0.15, 0.2) is 22.9 Å². The standard InChI is InChI=1S/C15H22N2OS/c1-2-17-8-5-13(6-9-17)11-16-15(18)4-3-14-7-10-19-12-14/h3-4,7,10,12-13H,2,5-6,8-9,11H2,1H3,(H,16,18). The molecule has 0 spiro atoms. The summed E-state index contributed by atoms with van der Waals surface area (Å²) in [5.74, 6) is 0.658. The second kappa shape index (κ2) is 7.46. The normalized spacial score (nSPS) is 17.9. The van der Waals surface area contributed by atoms with E-state index >= 15 is 0 Å². The lowest BCUT2D eigenvalue weighted by molar-refractivity contribution is -0.116. The Kier molecular flexibility index (Phi) is 5.61. The van der Waals surface area contributed by atoms with Crippen LogP contribution in [0.25, 0.3) is 6.08 Å². The fourth-order valence-corrected chi connectivity index (χ4v) is 2.98. The Morgan fingerprint density at radius 1 is 1.53 bits per heavy atom. The minimum Gasteiger partial charge on any atom is -0.352 e. The van der Waals surface area contributed by atoms with Crippen LogP contribution in [-0.4, -0.2) is 37.0 Å². The average Bonchev–Trinajstić information content (AvgIpc) is 2.96. The van der Waals surface area contributed by atoms with Gasteiger partial charge in [0.1, 0.15) is 0 Å². The molecule has 1 aromatic heterocycles. The minimum absolute atomic E-state index is 0.0177. The second-order valence-electron chi connectivity index (χ2n) is 5.01. The summed E-state index contributed by atoms with van der Waals surface area (Å²) in [6.07, 6.45) is 5.89. The maximum Gasteiger partial charge on any atom is 0.244 e. The number of nitrogens with one attached hydrogen (secondary N) is 1. The first-order valence-corrected chi connectivity index (χ1v) is 7.92. The molecule has 2 heterocycles. The zero-order chi connectivity index (χ0) is 13.5. The molecule has 104 valence electrons. The van der Waals surface area contributed by atoms with Gasteiger partial charge in [-0.3, -0.25) is 4.79 Å². The topological polar surface area (TPSA) is 32.3 Å². The van der Waals surface area contributed by atoms with E-state index < -0.39 is 0 Å². The molecule has 1 saturated heterocycles. The van der Waals surface area contributed by atoms with Gasteiger partial charge in [0.2, 0.25) is 5.91 Å². The molecular weight excluding hydrogens is 256 g/mol. The van der Waals surface area contributed by atoms with Crippen molar-refractivity contribution >= 4 is 23.3 Å². The van der Waals surface area contributed by atoms with Crippen molar-refractivity contribution in [1.82, 2.24) is 10.2 Å². The number of hydrogen-bond donors (Lipinski definition) is 1. The van der Waals surface area contributed by atoms with Gasteiger partial charge in [-0.1, -0.05) is 6.92 Å². The molecule has 0 radical (unpaired) electrons. The summed E-state index contributed by atoms with van der Waals surface area (Å²) in [6.45, 7) is 6.49. The number of thiophene rings is 1. The molecule has 2 rings (SSSR count). The van der Waals surface area contributed by atoms with E-state index in [0.29, 0.717) is 5.92 Å². The number of hydrogen-bond acceptors (Lipinski definition) is 3. The van der Waals surface area contributed by atoms with E-state index in [1.807, 2.05) is 22.9 Å². The first kappa shape index (κ1) is 14.3. The molecule has 1 aliphatic rings. The van der Waals surface area contributed by atoms with Gasteiger partial charge < -0.3 is 10.2 Å². The van der Waals surface area contributed by atoms with Crippen molar-refractivity contribution in [1.29, 1.82) is 0 Å². The van der Waals surface area contributed by atoms with Gasteiger partial charge in [-0.25, -0.2) is 0 Å². The van der Waals surface area contributed by atoms with E-state index in [4.69, 9.17) is 0 Å². The number of carbonyl (C=O) groups is 1. The molecule has 0 atom stereocenters. The largest absolute Gasteiger partial charge is 0.352 e. The lowest BCUT2D eigenvalue weighted by atomic mass is 9.97. The Balaban J connectivity index is 1.67. The van der Waals surface area contributed by atoms with E-state index in [0.717, 1.165) is 18.7 Å². The van der Waals surface area contributed by atoms with Gasteiger partial charge in [0.25, 0.3) is 0 Å². The SMILES string of the molecule is CCN1CCC(CNC(=O)C=Cc2ccsc2)CC1. The summed E-state index contributed by atoms with van der Waals surface area (Å²) in [5.41, 5.74) is 1.09. The van der Waals surface area contributed by atoms with Crippen molar-refractivity contribution in [3.63, 3.8) is 0 Å². The molecule has 0 bridgehead atoms. The Morgan fingerprint density at radius 2 is 2.32 bits per heavy atom. The number of likely N-dealkylation sites (tertiary alicyclic amines) is 1. The fraction of sp³-hybridized carbons (Fsp3) is 0.533. The van der Waals surface area contributed by atoms with Gasteiger partial charge in [-0.15, -0.1) is 0 Å². The van der Waals surface area contributed by atoms with Crippen LogP contribution >= 0.6 is 11.3 Å². The molecular formula is C15H22N2OS. The quantitative estimate of drug-likeness (QED) is 0.840. The average molecular weight is 278 g/mol. The van der Waals surface area contributed by atoms with Crippen LogP contribution in [0, 0.1) is 5.92 Å². The summed E-state index contributed by atoms with van der Waals surface area (Å²) >= 11 is 1.64. The molecule has 0 aliphatic carbocycles. The lowest BCUT2D eigenvalue weighted by Gasteiger charge is -2.30. The molecule has 0 aromatic carbocycles. The number of nitrogens with zero attached hydrogens (tertiary/aromatic N) is 1. The minimum atomic E-state index is 0.0177. The molecule has 1 amide bonds. The van der Waals surface area contributed by atoms with Crippen molar-refractivity contribution in [2.24, 2.45) is 5.92 Å². The Bertz CT molecular complexity index is 406. The molecule has 1 aromatic rings. The molecule has 1 aliphatic heterocycles. The first-order valence-electron chi connectivity index (χ1n) is 6.98. The monoisotopic (exact) mass is 278 g/mol. The maximum absolute atomic E-state index is 11.7. The third kappa shape index (κ3) is 4.80. The molecule has 1 N–H and O–H groups in total. The number of amides is 1. The second-order valence-corrected chi connectivity index (χ2v) is 5.79. The Labute approximate surface area is 119 Å². The van der Waals surface area contributed by atoms with Crippen LogP contribution in [0.1, 0.15) is 25.3 Å². The van der Waals surface area contributed by atoms with E-state index in [2.05, 4.69) is 17.1 Å². The fourth-order valence-electron chi connectivity index (χ4n) is 2.35. The third-order valence-corrected chi connectivity index (χ3v) is 4.39. The highest BCUT2D eigenvalue weighted by atomic mass is 32.1. The van der Waals surface area contributed by atoms with Crippen LogP contribution in [0.3, 0.4) is 0 Å². The third-order valence-electron chi connectivity index (χ3n) is 3.69. The summed E-state index contributed by atoms with van der Waals surface area (Å²) in [4.78, 5) is 14.2. The van der Waals surface area contributed by atoms with Gasteiger partial charge in [-0.2, -0.15) is 11.3 Å². The van der Waals surface area contributed by atoms with Crippen LogP contribution in [0.2, 0.25) is 0 Å². The van der Waals surface area contributed by atoms with Gasteiger partial charge in [0.15, 0.2) is 0 Å². The molecule has 1 fully saturated rings. The smallest absolute Gasteiger partial charge is 0.244 e. The van der Waals surface area contributed by atoms with E-state index in [1.54, 1.807) is 17.4 Å². The van der Waals surface area contributed by atoms with Crippen LogP contribution in [0.5, 0.6) is 0 Å². The van der Waals surface area contributed by atoms with E-state index in [1.165, 1.54) is 25.9 Å². The summed E-state index contributed by atoms with van der Waals surface area (Å²) < 4.78 is 0. The van der Waals surface area contributed by atoms with Gasteiger partial charge in [-0.05, 0) is 66.9 Å². The van der Waals surface area contributed by atoms with Crippen LogP contribution in [-0.2, 0) is 4.79 Å². The predicted molar refractivity (Wildman–Crippen MR) is 81.2 cm³/mol. The van der Waals surface area contributed by atoms with Crippen molar-refractivity contribution < 1.29 is 4.79 Å². The van der Waals surface area contributed by atoms with Crippen molar-refractivity contribution in [2.75, 3.05) is 26.2 Å². The first-order chi connectivity index (χ1) is 9.28. The number of piperidine rings is 1. The maximum atomic E-state index is 11.7. The summed E-state index contributed by atoms with van der Waals surface area (Å²) in [5, 5.41) is 7.05. The van der Waals surface area contributed by atoms with Crippen LogP contribution < -0.4 is 5.32 Å². The molecule has 3 nitrogen and oxygen atoms in total. The highest BCUT2D eigenvalue weighted by Crippen LogP contribution is 2.15. The van der Waals surface area contributed by atoms with Crippen molar-refractivity contribution in [3.05, 3.63) is 28.5 Å². The van der Waals surface area contributed by atoms with Gasteiger partial charge in [0.05, 0.1) is 0 Å². The zero-order valence-electron chi connectivity index (χ0n) is 11.5. The number of rotatable bonds is 5. The summed E-state index contributed by atoms with van der Waals surface area (Å²) in [7, 11) is 0. The summed E-state index contributed by atoms with van der Waals surface area (Å²) in [6, 6.07) is 2.01. The predicted octanol–water partition coefficient (Wildman–Crippen LogP) is 2.61. The van der Waals surface area contributed by atoms with E-state index in [-0.39, 0.29) is 5.91 Å². The molecule has 0 unspecified atom stereocenters.